The highest BCUT2D eigenvalue weighted by atomic mass is 32.2. The zero-order valence-corrected chi connectivity index (χ0v) is 13.9. The molecule has 0 bridgehead atoms. The van der Waals surface area contributed by atoms with Crippen molar-refractivity contribution in [3.05, 3.63) is 24.3 Å². The molecule has 22 heavy (non-hydrogen) atoms. The van der Waals surface area contributed by atoms with E-state index >= 15 is 0 Å². The van der Waals surface area contributed by atoms with Crippen LogP contribution in [0.4, 0.5) is 5.69 Å². The third-order valence-corrected chi connectivity index (χ3v) is 5.11. The molecule has 1 saturated heterocycles. The Morgan fingerprint density at radius 3 is 2.50 bits per heavy atom. The average molecular weight is 323 g/mol. The molecule has 1 heterocycles. The predicted octanol–water partition coefficient (Wildman–Crippen LogP) is 1.87. The first-order chi connectivity index (χ1) is 10.3. The molecule has 7 heteroatoms. The lowest BCUT2D eigenvalue weighted by molar-refractivity contribution is -0.116. The fourth-order valence-electron chi connectivity index (χ4n) is 2.37. The van der Waals surface area contributed by atoms with Crippen molar-refractivity contribution in [3.8, 4) is 0 Å². The molecule has 1 aliphatic rings. The largest absolute Gasteiger partial charge is 0.360 e. The summed E-state index contributed by atoms with van der Waals surface area (Å²) in [6.07, 6.45) is 1.63. The SMILES string of the molecule is CCN1CCC/C1=N/S(=O)(=O)c1ccc(N(C)C(C)=O)cc1. The minimum atomic E-state index is -3.71. The summed E-state index contributed by atoms with van der Waals surface area (Å²) in [6, 6.07) is 6.19. The van der Waals surface area contributed by atoms with Gasteiger partial charge in [0.25, 0.3) is 10.0 Å². The van der Waals surface area contributed by atoms with Crippen LogP contribution < -0.4 is 4.90 Å². The second-order valence-corrected chi connectivity index (χ2v) is 6.84. The Morgan fingerprint density at radius 2 is 1.95 bits per heavy atom. The van der Waals surface area contributed by atoms with Crippen LogP contribution in [0.15, 0.2) is 33.6 Å². The Balaban J connectivity index is 2.27. The average Bonchev–Trinajstić information content (AvgIpc) is 2.93. The third kappa shape index (κ3) is 3.47. The minimum Gasteiger partial charge on any atom is -0.360 e. The van der Waals surface area contributed by atoms with Crippen LogP contribution in [0.25, 0.3) is 0 Å². The van der Waals surface area contributed by atoms with Gasteiger partial charge in [0.1, 0.15) is 5.84 Å². The number of hydrogen-bond acceptors (Lipinski definition) is 3. The number of amidine groups is 1. The topological polar surface area (TPSA) is 70.1 Å². The molecule has 120 valence electrons. The quantitative estimate of drug-likeness (QED) is 0.848. The fraction of sp³-hybridized carbons (Fsp3) is 0.467. The summed E-state index contributed by atoms with van der Waals surface area (Å²) in [5.74, 6) is 0.521. The van der Waals surface area contributed by atoms with Gasteiger partial charge in [-0.25, -0.2) is 0 Å². The second-order valence-electron chi connectivity index (χ2n) is 5.24. The highest BCUT2D eigenvalue weighted by Gasteiger charge is 2.21. The van der Waals surface area contributed by atoms with Crippen LogP contribution in [0, 0.1) is 0 Å². The van der Waals surface area contributed by atoms with Crippen LogP contribution in [0.2, 0.25) is 0 Å². The van der Waals surface area contributed by atoms with Crippen LogP contribution in [-0.4, -0.2) is 45.2 Å². The summed E-state index contributed by atoms with van der Waals surface area (Å²) in [7, 11) is -2.06. The Kier molecular flexibility index (Phi) is 4.85. The van der Waals surface area contributed by atoms with Gasteiger partial charge in [0.15, 0.2) is 0 Å². The summed E-state index contributed by atoms with van der Waals surface area (Å²) >= 11 is 0. The number of benzene rings is 1. The maximum Gasteiger partial charge on any atom is 0.283 e. The lowest BCUT2D eigenvalue weighted by Gasteiger charge is -2.16. The van der Waals surface area contributed by atoms with Crippen molar-refractivity contribution in [1.82, 2.24) is 4.90 Å². The summed E-state index contributed by atoms with van der Waals surface area (Å²) in [6.45, 7) is 5.06. The molecule has 0 saturated carbocycles. The molecule has 6 nitrogen and oxygen atoms in total. The van der Waals surface area contributed by atoms with Crippen molar-refractivity contribution in [2.75, 3.05) is 25.0 Å². The lowest BCUT2D eigenvalue weighted by atomic mass is 10.3. The van der Waals surface area contributed by atoms with Gasteiger partial charge in [-0.2, -0.15) is 8.42 Å². The molecule has 1 aromatic carbocycles. The van der Waals surface area contributed by atoms with Crippen LogP contribution in [-0.2, 0) is 14.8 Å². The van der Waals surface area contributed by atoms with E-state index in [9.17, 15) is 13.2 Å². The van der Waals surface area contributed by atoms with Crippen molar-refractivity contribution >= 4 is 27.5 Å². The van der Waals surface area contributed by atoms with Gasteiger partial charge >= 0.3 is 0 Å². The molecular weight excluding hydrogens is 302 g/mol. The number of rotatable bonds is 4. The van der Waals surface area contributed by atoms with E-state index in [-0.39, 0.29) is 10.8 Å². The van der Waals surface area contributed by atoms with Crippen molar-refractivity contribution in [2.24, 2.45) is 4.40 Å². The first-order valence-electron chi connectivity index (χ1n) is 7.28. The molecule has 1 fully saturated rings. The Hall–Kier alpha value is -1.89. The number of anilines is 1. The van der Waals surface area contributed by atoms with Gasteiger partial charge in [-0.1, -0.05) is 0 Å². The third-order valence-electron chi connectivity index (χ3n) is 3.79. The molecule has 0 spiro atoms. The van der Waals surface area contributed by atoms with Gasteiger partial charge in [0, 0.05) is 39.2 Å². The zero-order chi connectivity index (χ0) is 16.3. The van der Waals surface area contributed by atoms with E-state index in [1.807, 2.05) is 11.8 Å². The van der Waals surface area contributed by atoms with E-state index in [2.05, 4.69) is 4.40 Å². The summed E-state index contributed by atoms with van der Waals surface area (Å²) in [5.41, 5.74) is 0.648. The molecule has 0 aromatic heterocycles. The molecular formula is C15H21N3O3S. The molecule has 1 aliphatic heterocycles. The van der Waals surface area contributed by atoms with Crippen molar-refractivity contribution in [2.45, 2.75) is 31.6 Å². The van der Waals surface area contributed by atoms with Crippen molar-refractivity contribution in [3.63, 3.8) is 0 Å². The number of carbonyl (C=O) groups excluding carboxylic acids is 1. The van der Waals surface area contributed by atoms with E-state index in [1.54, 1.807) is 19.2 Å². The monoisotopic (exact) mass is 323 g/mol. The maximum atomic E-state index is 12.4. The van der Waals surface area contributed by atoms with Crippen LogP contribution >= 0.6 is 0 Å². The maximum absolute atomic E-state index is 12.4. The van der Waals surface area contributed by atoms with Crippen LogP contribution in [0.5, 0.6) is 0 Å². The van der Waals surface area contributed by atoms with Crippen molar-refractivity contribution in [1.29, 1.82) is 0 Å². The smallest absolute Gasteiger partial charge is 0.283 e. The standard InChI is InChI=1S/C15H21N3O3S/c1-4-18-11-5-6-15(18)16-22(20,21)14-9-7-13(8-10-14)17(3)12(2)19/h7-10H,4-6,11H2,1-3H3/b16-15-. The van der Waals surface area contributed by atoms with E-state index in [0.717, 1.165) is 19.5 Å². The number of nitrogens with zero attached hydrogens (tertiary/aromatic N) is 3. The Morgan fingerprint density at radius 1 is 1.32 bits per heavy atom. The highest BCUT2D eigenvalue weighted by molar-refractivity contribution is 7.90. The van der Waals surface area contributed by atoms with Gasteiger partial charge < -0.3 is 9.80 Å². The summed E-state index contributed by atoms with van der Waals surface area (Å²) < 4.78 is 28.7. The van der Waals surface area contributed by atoms with Gasteiger partial charge in [-0.05, 0) is 37.6 Å². The molecule has 1 aromatic rings. The zero-order valence-electron chi connectivity index (χ0n) is 13.1. The van der Waals surface area contributed by atoms with E-state index in [4.69, 9.17) is 0 Å². The predicted molar refractivity (Wildman–Crippen MR) is 86.6 cm³/mol. The highest BCUT2D eigenvalue weighted by Crippen LogP contribution is 2.21. The van der Waals surface area contributed by atoms with Crippen LogP contribution in [0.3, 0.4) is 0 Å². The van der Waals surface area contributed by atoms with E-state index in [0.29, 0.717) is 17.9 Å². The fourth-order valence-corrected chi connectivity index (χ4v) is 3.44. The molecule has 0 radical (unpaired) electrons. The number of hydrogen-bond donors (Lipinski definition) is 0. The summed E-state index contributed by atoms with van der Waals surface area (Å²) in [4.78, 5) is 14.9. The van der Waals surface area contributed by atoms with E-state index in [1.165, 1.54) is 24.0 Å². The molecule has 0 unspecified atom stereocenters. The summed E-state index contributed by atoms with van der Waals surface area (Å²) in [5, 5.41) is 0. The first kappa shape index (κ1) is 16.5. The molecule has 1 amide bonds. The number of carbonyl (C=O) groups is 1. The Labute approximate surface area is 131 Å². The molecule has 0 aliphatic carbocycles. The van der Waals surface area contributed by atoms with Gasteiger partial charge in [-0.15, -0.1) is 4.40 Å². The Bertz CT molecular complexity index is 680. The van der Waals surface area contributed by atoms with Gasteiger partial charge in [0.05, 0.1) is 4.90 Å². The first-order valence-corrected chi connectivity index (χ1v) is 8.72. The van der Waals surface area contributed by atoms with Crippen LogP contribution in [0.1, 0.15) is 26.7 Å². The van der Waals surface area contributed by atoms with Gasteiger partial charge in [0.2, 0.25) is 5.91 Å². The van der Waals surface area contributed by atoms with Gasteiger partial charge in [-0.3, -0.25) is 4.79 Å². The minimum absolute atomic E-state index is 0.111. The number of likely N-dealkylation sites (tertiary alicyclic amines) is 1. The van der Waals surface area contributed by atoms with Crippen molar-refractivity contribution < 1.29 is 13.2 Å². The molecule has 0 atom stereocenters. The second kappa shape index (κ2) is 6.48. The number of amides is 1. The lowest BCUT2D eigenvalue weighted by Crippen LogP contribution is -2.25. The number of sulfonamides is 1. The normalized spacial score (nSPS) is 17.0. The molecule has 0 N–H and O–H groups in total. The van der Waals surface area contributed by atoms with E-state index < -0.39 is 10.0 Å². The molecule has 2 rings (SSSR count).